The van der Waals surface area contributed by atoms with Crippen LogP contribution in [0.4, 0.5) is 0 Å². The van der Waals surface area contributed by atoms with Gasteiger partial charge in [0, 0.05) is 19.1 Å². The van der Waals surface area contributed by atoms with Crippen LogP contribution in [0.2, 0.25) is 0 Å². The molecule has 2 heteroatoms. The fraction of sp³-hybridized carbons (Fsp3) is 1.00. The summed E-state index contributed by atoms with van der Waals surface area (Å²) in [5.74, 6) is 0. The molecule has 1 fully saturated rings. The second kappa shape index (κ2) is 0.954. The average Bonchev–Trinajstić information content (AvgIpc) is 2.12. The van der Waals surface area contributed by atoms with E-state index in [0.29, 0.717) is 6.04 Å². The van der Waals surface area contributed by atoms with E-state index in [1.807, 2.05) is 0 Å². The van der Waals surface area contributed by atoms with Crippen molar-refractivity contribution in [2.45, 2.75) is 6.04 Å². The van der Waals surface area contributed by atoms with Crippen LogP contribution in [0.25, 0.3) is 0 Å². The van der Waals surface area contributed by atoms with Crippen molar-refractivity contribution in [3.8, 4) is 0 Å². The zero-order valence-electron chi connectivity index (χ0n) is 3.07. The summed E-state index contributed by atoms with van der Waals surface area (Å²) in [4.78, 5) is 0. The first kappa shape index (κ1) is 3.12. The van der Waals surface area contributed by atoms with E-state index in [4.69, 9.17) is 5.73 Å². The van der Waals surface area contributed by atoms with E-state index in [1.54, 1.807) is 0 Å². The van der Waals surface area contributed by atoms with Crippen molar-refractivity contribution >= 4 is 0 Å². The third kappa shape index (κ3) is 0.597. The van der Waals surface area contributed by atoms with Crippen LogP contribution in [-0.4, -0.2) is 19.1 Å². The number of hydrogen-bond acceptors (Lipinski definition) is 2. The molecule has 0 aliphatic carbocycles. The van der Waals surface area contributed by atoms with Gasteiger partial charge in [0.1, 0.15) is 0 Å². The molecule has 1 rings (SSSR count). The minimum atomic E-state index is 0.662. The van der Waals surface area contributed by atoms with Gasteiger partial charge in [0.15, 0.2) is 0 Å². The zero-order valence-corrected chi connectivity index (χ0v) is 3.07. The molecule has 3 N–H and O–H groups in total. The second-order valence-electron chi connectivity index (χ2n) is 1.34. The summed E-state index contributed by atoms with van der Waals surface area (Å²) in [5, 5.41) is 3.06. The van der Waals surface area contributed by atoms with Gasteiger partial charge >= 0.3 is 0 Å². The number of hydrogen-bond donors (Lipinski definition) is 2. The summed E-state index contributed by atoms with van der Waals surface area (Å²) in [5.41, 5.74) is 5.17. The lowest BCUT2D eigenvalue weighted by molar-refractivity contribution is 0.940. The molecule has 0 saturated carbocycles. The van der Waals surface area contributed by atoms with Gasteiger partial charge < -0.3 is 11.1 Å². The fourth-order valence-electron chi connectivity index (χ4n) is 0.250. The summed E-state index contributed by atoms with van der Waals surface area (Å²) in [7, 11) is 0. The van der Waals surface area contributed by atoms with Gasteiger partial charge in [-0.15, -0.1) is 0 Å². The van der Waals surface area contributed by atoms with Gasteiger partial charge in [-0.25, -0.2) is 0 Å². The van der Waals surface area contributed by atoms with Crippen molar-refractivity contribution in [3.63, 3.8) is 0 Å². The summed E-state index contributed by atoms with van der Waals surface area (Å²) >= 11 is 0. The molecule has 0 aromatic carbocycles. The Morgan fingerprint density at radius 1 is 2.00 bits per heavy atom. The first-order chi connectivity index (χ1) is 2.43. The summed E-state index contributed by atoms with van der Waals surface area (Å²) in [6.07, 6.45) is 0. The highest BCUT2D eigenvalue weighted by atomic mass is 15.1. The quantitative estimate of drug-likeness (QED) is 0.387. The smallest absolute Gasteiger partial charge is 0.0316 e. The lowest BCUT2D eigenvalue weighted by Crippen LogP contribution is -2.08. The van der Waals surface area contributed by atoms with E-state index in [9.17, 15) is 0 Å². The Labute approximate surface area is 31.4 Å². The van der Waals surface area contributed by atoms with Crippen LogP contribution in [-0.2, 0) is 0 Å². The molecule has 5 heavy (non-hydrogen) atoms. The molecular weight excluding hydrogens is 64.0 g/mol. The van der Waals surface area contributed by atoms with Gasteiger partial charge in [-0.3, -0.25) is 0 Å². The van der Waals surface area contributed by atoms with Gasteiger partial charge in [-0.05, 0) is 0 Å². The standard InChI is InChI=1S/C3H8N2/c4-1-3-2-5-3/h3,5H,1-2,4H2/t3-/m1/s1. The van der Waals surface area contributed by atoms with Crippen LogP contribution >= 0.6 is 0 Å². The lowest BCUT2D eigenvalue weighted by atomic mass is 10.5. The third-order valence-corrected chi connectivity index (χ3v) is 0.777. The predicted octanol–water partition coefficient (Wildman–Crippen LogP) is -1.08. The molecule has 2 nitrogen and oxygen atoms in total. The van der Waals surface area contributed by atoms with Crippen molar-refractivity contribution in [1.29, 1.82) is 0 Å². The molecule has 0 spiro atoms. The predicted molar refractivity (Wildman–Crippen MR) is 20.8 cm³/mol. The molecule has 1 saturated heterocycles. The molecule has 1 atom stereocenters. The minimum absolute atomic E-state index is 0.662. The van der Waals surface area contributed by atoms with E-state index in [1.165, 1.54) is 0 Å². The second-order valence-corrected chi connectivity index (χ2v) is 1.34. The van der Waals surface area contributed by atoms with Gasteiger partial charge in [-0.1, -0.05) is 0 Å². The Balaban J connectivity index is 2.00. The summed E-state index contributed by atoms with van der Waals surface area (Å²) in [6, 6.07) is 0.662. The maximum atomic E-state index is 5.17. The normalized spacial score (nSPS) is 34.2. The van der Waals surface area contributed by atoms with Crippen LogP contribution in [0, 0.1) is 0 Å². The molecule has 0 amide bonds. The van der Waals surface area contributed by atoms with E-state index in [0.717, 1.165) is 13.1 Å². The molecular formula is C3H8N2. The Hall–Kier alpha value is -0.0800. The van der Waals surface area contributed by atoms with Gasteiger partial charge in [0.25, 0.3) is 0 Å². The SMILES string of the molecule is NC[C@@H]1CN1. The molecule has 1 aliphatic heterocycles. The summed E-state index contributed by atoms with van der Waals surface area (Å²) in [6.45, 7) is 1.94. The van der Waals surface area contributed by atoms with Crippen LogP contribution < -0.4 is 11.1 Å². The van der Waals surface area contributed by atoms with Crippen molar-refractivity contribution in [1.82, 2.24) is 5.32 Å². The number of nitrogens with two attached hydrogens (primary N) is 1. The number of nitrogens with one attached hydrogen (secondary N) is 1. The summed E-state index contributed by atoms with van der Waals surface area (Å²) < 4.78 is 0. The average molecular weight is 72.1 g/mol. The third-order valence-electron chi connectivity index (χ3n) is 0.777. The topological polar surface area (TPSA) is 48.0 Å². The molecule has 0 aromatic heterocycles. The van der Waals surface area contributed by atoms with Crippen LogP contribution in [0.5, 0.6) is 0 Å². The maximum absolute atomic E-state index is 5.17. The van der Waals surface area contributed by atoms with E-state index in [2.05, 4.69) is 5.32 Å². The highest BCUT2D eigenvalue weighted by Crippen LogP contribution is 1.88. The molecule has 0 aromatic rings. The first-order valence-electron chi connectivity index (χ1n) is 1.87. The fourth-order valence-corrected chi connectivity index (χ4v) is 0.250. The molecule has 1 heterocycles. The van der Waals surface area contributed by atoms with Crippen LogP contribution in [0.1, 0.15) is 0 Å². The van der Waals surface area contributed by atoms with Gasteiger partial charge in [0.05, 0.1) is 0 Å². The van der Waals surface area contributed by atoms with Crippen molar-refractivity contribution in [2.24, 2.45) is 5.73 Å². The Morgan fingerprint density at radius 2 is 2.60 bits per heavy atom. The molecule has 0 unspecified atom stereocenters. The van der Waals surface area contributed by atoms with Gasteiger partial charge in [0.2, 0.25) is 0 Å². The van der Waals surface area contributed by atoms with Crippen molar-refractivity contribution in [3.05, 3.63) is 0 Å². The van der Waals surface area contributed by atoms with Crippen molar-refractivity contribution < 1.29 is 0 Å². The molecule has 30 valence electrons. The van der Waals surface area contributed by atoms with Gasteiger partial charge in [-0.2, -0.15) is 0 Å². The monoisotopic (exact) mass is 72.1 g/mol. The van der Waals surface area contributed by atoms with E-state index in [-0.39, 0.29) is 0 Å². The van der Waals surface area contributed by atoms with E-state index < -0.39 is 0 Å². The number of rotatable bonds is 1. The van der Waals surface area contributed by atoms with E-state index >= 15 is 0 Å². The highest BCUT2D eigenvalue weighted by molar-refractivity contribution is 4.82. The zero-order chi connectivity index (χ0) is 3.70. The molecule has 0 radical (unpaired) electrons. The molecule has 1 aliphatic rings. The lowest BCUT2D eigenvalue weighted by Gasteiger charge is -1.73. The van der Waals surface area contributed by atoms with Crippen LogP contribution in [0.15, 0.2) is 0 Å². The first-order valence-corrected chi connectivity index (χ1v) is 1.87. The Morgan fingerprint density at radius 3 is 2.60 bits per heavy atom. The Bertz CT molecular complexity index is 31.9. The highest BCUT2D eigenvalue weighted by Gasteiger charge is 2.15. The largest absolute Gasteiger partial charge is 0.329 e. The maximum Gasteiger partial charge on any atom is 0.0316 e. The van der Waals surface area contributed by atoms with Crippen molar-refractivity contribution in [2.75, 3.05) is 13.1 Å². The minimum Gasteiger partial charge on any atom is -0.329 e. The molecule has 0 bridgehead atoms. The van der Waals surface area contributed by atoms with Crippen LogP contribution in [0.3, 0.4) is 0 Å². The Kier molecular flexibility index (Phi) is 0.596.